The van der Waals surface area contributed by atoms with E-state index in [-0.39, 0.29) is 23.9 Å². The molecule has 8 heteroatoms. The maximum absolute atomic E-state index is 12.5. The lowest BCUT2D eigenvalue weighted by molar-refractivity contribution is -0.117. The molecule has 3 N–H and O–H groups in total. The fourth-order valence-electron chi connectivity index (χ4n) is 2.96. The molecule has 4 rings (SSSR count). The molecule has 1 aromatic heterocycles. The molecule has 0 radical (unpaired) electrons. The van der Waals surface area contributed by atoms with Crippen LogP contribution in [0, 0.1) is 0 Å². The van der Waals surface area contributed by atoms with Crippen molar-refractivity contribution in [2.45, 2.75) is 0 Å². The first kappa shape index (κ1) is 15.9. The van der Waals surface area contributed by atoms with Crippen molar-refractivity contribution < 1.29 is 14.3 Å². The number of benzene rings is 2. The Balaban J connectivity index is 1.45. The molecule has 0 saturated heterocycles. The summed E-state index contributed by atoms with van der Waals surface area (Å²) < 4.78 is 5.53. The molecule has 1 aliphatic heterocycles. The van der Waals surface area contributed by atoms with Gasteiger partial charge in [0, 0.05) is 5.56 Å². The predicted molar refractivity (Wildman–Crippen MR) is 95.5 cm³/mol. The predicted octanol–water partition coefficient (Wildman–Crippen LogP) is 1.01. The molecular formula is C18H16N4O4. The number of amides is 2. The maximum Gasteiger partial charge on any atom is 0.271 e. The Morgan fingerprint density at radius 2 is 2.00 bits per heavy atom. The van der Waals surface area contributed by atoms with E-state index >= 15 is 0 Å². The van der Waals surface area contributed by atoms with Gasteiger partial charge in [-0.15, -0.1) is 0 Å². The minimum atomic E-state index is -0.385. The first-order valence-electron chi connectivity index (χ1n) is 8.14. The molecule has 1 aliphatic rings. The van der Waals surface area contributed by atoms with Gasteiger partial charge in [0.25, 0.3) is 11.5 Å². The number of hydrogen-bond donors (Lipinski definition) is 3. The lowest BCUT2D eigenvalue weighted by atomic mass is 10.1. The molecular weight excluding hydrogens is 336 g/mol. The summed E-state index contributed by atoms with van der Waals surface area (Å²) in [6.45, 7) is 0.714. The Labute approximate surface area is 147 Å². The maximum atomic E-state index is 12.5. The number of aromatic amines is 2. The van der Waals surface area contributed by atoms with Gasteiger partial charge >= 0.3 is 0 Å². The second-order valence-corrected chi connectivity index (χ2v) is 5.88. The molecule has 2 aromatic carbocycles. The van der Waals surface area contributed by atoms with Crippen LogP contribution in [0.15, 0.2) is 47.3 Å². The van der Waals surface area contributed by atoms with Crippen molar-refractivity contribution >= 4 is 28.4 Å². The highest BCUT2D eigenvalue weighted by Crippen LogP contribution is 2.30. The van der Waals surface area contributed by atoms with Gasteiger partial charge in [-0.2, -0.15) is 0 Å². The van der Waals surface area contributed by atoms with E-state index < -0.39 is 0 Å². The van der Waals surface area contributed by atoms with E-state index in [2.05, 4.69) is 15.5 Å². The number of nitrogens with zero attached hydrogens (tertiary/aromatic N) is 1. The minimum absolute atomic E-state index is 0.130. The molecule has 0 aliphatic carbocycles. The summed E-state index contributed by atoms with van der Waals surface area (Å²) in [7, 11) is 0. The van der Waals surface area contributed by atoms with Crippen molar-refractivity contribution in [1.82, 2.24) is 15.5 Å². The van der Waals surface area contributed by atoms with Gasteiger partial charge in [-0.1, -0.05) is 12.1 Å². The fourth-order valence-corrected chi connectivity index (χ4v) is 2.96. The van der Waals surface area contributed by atoms with Crippen molar-refractivity contribution in [2.75, 3.05) is 24.6 Å². The number of anilines is 1. The van der Waals surface area contributed by atoms with Gasteiger partial charge in [-0.05, 0) is 30.3 Å². The summed E-state index contributed by atoms with van der Waals surface area (Å²) in [5, 5.41) is 8.26. The average molecular weight is 352 g/mol. The lowest BCUT2D eigenvalue weighted by Crippen LogP contribution is -2.44. The number of hydrogen-bond acceptors (Lipinski definition) is 4. The van der Waals surface area contributed by atoms with E-state index in [1.54, 1.807) is 29.2 Å². The molecule has 0 spiro atoms. The largest absolute Gasteiger partial charge is 0.490 e. The Morgan fingerprint density at radius 1 is 1.15 bits per heavy atom. The Bertz CT molecular complexity index is 1050. The Morgan fingerprint density at radius 3 is 2.88 bits per heavy atom. The van der Waals surface area contributed by atoms with Gasteiger partial charge in [0.2, 0.25) is 5.91 Å². The number of aromatic nitrogens is 2. The van der Waals surface area contributed by atoms with Gasteiger partial charge in [0.1, 0.15) is 12.4 Å². The molecule has 26 heavy (non-hydrogen) atoms. The van der Waals surface area contributed by atoms with Gasteiger partial charge in [0.05, 0.1) is 29.7 Å². The van der Waals surface area contributed by atoms with E-state index in [4.69, 9.17) is 4.74 Å². The average Bonchev–Trinajstić information content (AvgIpc) is 3.05. The van der Waals surface area contributed by atoms with Crippen LogP contribution in [0.2, 0.25) is 0 Å². The summed E-state index contributed by atoms with van der Waals surface area (Å²) in [4.78, 5) is 37.9. The zero-order valence-electron chi connectivity index (χ0n) is 13.7. The molecule has 132 valence electrons. The topological polar surface area (TPSA) is 107 Å². The van der Waals surface area contributed by atoms with E-state index in [0.29, 0.717) is 41.1 Å². The van der Waals surface area contributed by atoms with Crippen LogP contribution in [-0.4, -0.2) is 41.7 Å². The van der Waals surface area contributed by atoms with E-state index in [1.165, 1.54) is 0 Å². The summed E-state index contributed by atoms with van der Waals surface area (Å²) >= 11 is 0. The molecule has 0 saturated carbocycles. The highest BCUT2D eigenvalue weighted by Gasteiger charge is 2.23. The van der Waals surface area contributed by atoms with Crippen LogP contribution in [0.25, 0.3) is 10.9 Å². The third-order valence-corrected chi connectivity index (χ3v) is 4.27. The number of ether oxygens (including phenoxy) is 1. The monoisotopic (exact) mass is 352 g/mol. The molecule has 8 nitrogen and oxygen atoms in total. The first-order chi connectivity index (χ1) is 12.6. The fraction of sp³-hybridized carbons (Fsp3) is 0.167. The number of nitrogens with one attached hydrogen (secondary N) is 3. The van der Waals surface area contributed by atoms with E-state index in [0.717, 1.165) is 0 Å². The summed E-state index contributed by atoms with van der Waals surface area (Å²) in [5.74, 6) is 0.0503. The van der Waals surface area contributed by atoms with Gasteiger partial charge < -0.3 is 15.0 Å². The summed E-state index contributed by atoms with van der Waals surface area (Å²) in [5.41, 5.74) is 1.36. The normalized spacial score (nSPS) is 13.2. The van der Waals surface area contributed by atoms with Crippen LogP contribution in [0.5, 0.6) is 5.75 Å². The van der Waals surface area contributed by atoms with Crippen LogP contribution in [-0.2, 0) is 4.79 Å². The second kappa shape index (κ2) is 6.40. The number of para-hydroxylation sites is 2. The zero-order valence-corrected chi connectivity index (χ0v) is 13.7. The number of carbonyl (C=O) groups excluding carboxylic acids is 2. The van der Waals surface area contributed by atoms with Crippen LogP contribution in [0.4, 0.5) is 5.69 Å². The number of carbonyl (C=O) groups is 2. The van der Waals surface area contributed by atoms with Crippen LogP contribution in [0.1, 0.15) is 10.4 Å². The van der Waals surface area contributed by atoms with Crippen LogP contribution >= 0.6 is 0 Å². The third kappa shape index (κ3) is 2.81. The smallest absolute Gasteiger partial charge is 0.271 e. The molecule has 0 unspecified atom stereocenters. The first-order valence-corrected chi connectivity index (χ1v) is 8.14. The Kier molecular flexibility index (Phi) is 3.92. The second-order valence-electron chi connectivity index (χ2n) is 5.88. The third-order valence-electron chi connectivity index (χ3n) is 4.27. The molecule has 2 heterocycles. The van der Waals surface area contributed by atoms with E-state index in [9.17, 15) is 14.4 Å². The molecule has 0 bridgehead atoms. The molecule has 2 amide bonds. The van der Waals surface area contributed by atoms with E-state index in [1.807, 2.05) is 18.2 Å². The van der Waals surface area contributed by atoms with Gasteiger partial charge in [0.15, 0.2) is 0 Å². The summed E-state index contributed by atoms with van der Waals surface area (Å²) in [6.07, 6.45) is 0. The molecule has 3 aromatic rings. The molecule has 0 atom stereocenters. The standard InChI is InChI=1S/C18H16N4O4/c23-16(22-7-8-26-15-4-2-1-3-14(15)22)10-19-17(24)11-5-6-12-13(9-11)20-21-18(12)25/h1-6,9H,7-8,10H2,(H,19,24)(H2,20,21,25). The number of H-pyrrole nitrogens is 2. The lowest BCUT2D eigenvalue weighted by Gasteiger charge is -2.29. The van der Waals surface area contributed by atoms with Crippen molar-refractivity contribution in [3.05, 3.63) is 58.4 Å². The minimum Gasteiger partial charge on any atom is -0.490 e. The Hall–Kier alpha value is -3.55. The van der Waals surface area contributed by atoms with Gasteiger partial charge in [-0.25, -0.2) is 0 Å². The number of rotatable bonds is 3. The van der Waals surface area contributed by atoms with Gasteiger partial charge in [-0.3, -0.25) is 24.6 Å². The van der Waals surface area contributed by atoms with Crippen molar-refractivity contribution in [1.29, 1.82) is 0 Å². The summed E-state index contributed by atoms with van der Waals surface area (Å²) in [6, 6.07) is 12.0. The SMILES string of the molecule is O=C(NCC(=O)N1CCOc2ccccc21)c1ccc2c(=O)[nH][nH]c2c1. The van der Waals surface area contributed by atoms with Crippen molar-refractivity contribution in [3.8, 4) is 5.75 Å². The van der Waals surface area contributed by atoms with Crippen molar-refractivity contribution in [3.63, 3.8) is 0 Å². The van der Waals surface area contributed by atoms with Crippen LogP contribution < -0.4 is 20.5 Å². The number of fused-ring (bicyclic) bond motifs is 2. The highest BCUT2D eigenvalue weighted by molar-refractivity contribution is 6.02. The van der Waals surface area contributed by atoms with Crippen LogP contribution in [0.3, 0.4) is 0 Å². The zero-order chi connectivity index (χ0) is 18.1. The molecule has 0 fully saturated rings. The highest BCUT2D eigenvalue weighted by atomic mass is 16.5. The quantitative estimate of drug-likeness (QED) is 0.654. The van der Waals surface area contributed by atoms with Crippen molar-refractivity contribution in [2.24, 2.45) is 0 Å².